The Morgan fingerprint density at radius 3 is 1.85 bits per heavy atom. The van der Waals surface area contributed by atoms with Gasteiger partial charge in [0.25, 0.3) is 0 Å². The summed E-state index contributed by atoms with van der Waals surface area (Å²) in [5, 5.41) is 12.9. The Morgan fingerprint density at radius 2 is 1.35 bits per heavy atom. The maximum atomic E-state index is 13.7. The predicted octanol–water partition coefficient (Wildman–Crippen LogP) is 6.24. The number of hydrogen-bond acceptors (Lipinski definition) is 5. The molecule has 0 spiro atoms. The molecule has 0 bridgehead atoms. The topological polar surface area (TPSA) is 118 Å². The summed E-state index contributed by atoms with van der Waals surface area (Å²) in [7, 11) is 0. The number of carboxylic acids is 1. The molecule has 246 valence electrons. The van der Waals surface area contributed by atoms with Gasteiger partial charge in [-0.2, -0.15) is 70.8 Å². The summed E-state index contributed by atoms with van der Waals surface area (Å²) in [5.74, 6) is -2.95. The molecule has 3 atom stereocenters. The Kier molecular flexibility index (Phi) is 22.3. The van der Waals surface area contributed by atoms with Crippen LogP contribution in [0.4, 0.5) is 0 Å². The van der Waals surface area contributed by atoms with Crippen LogP contribution in [0.3, 0.4) is 0 Å². The van der Waals surface area contributed by atoms with Gasteiger partial charge in [0, 0.05) is 103 Å². The number of ketones is 3. The molecule has 2 radical (unpaired) electrons. The van der Waals surface area contributed by atoms with Crippen LogP contribution in [0.25, 0.3) is 0 Å². The first-order chi connectivity index (χ1) is 20.7. The van der Waals surface area contributed by atoms with Gasteiger partial charge in [0.2, 0.25) is 5.91 Å². The van der Waals surface area contributed by atoms with E-state index in [1.54, 1.807) is 19.9 Å². The van der Waals surface area contributed by atoms with Gasteiger partial charge in [-0.25, -0.2) is 0 Å². The van der Waals surface area contributed by atoms with E-state index < -0.39 is 17.9 Å². The fraction of sp³-hybridized carbons (Fsp3) is 0.541. The number of benzene rings is 2. The van der Waals surface area contributed by atoms with Crippen molar-refractivity contribution in [3.8, 4) is 0 Å². The average molecular weight is 782 g/mol. The molecule has 2 aromatic rings. The number of aryl methyl sites for hydroxylation is 2. The van der Waals surface area contributed by atoms with E-state index in [0.717, 1.165) is 22.3 Å². The summed E-state index contributed by atoms with van der Waals surface area (Å²) in [6, 6.07) is 16.7. The van der Waals surface area contributed by atoms with Gasteiger partial charge < -0.3 is 10.4 Å². The van der Waals surface area contributed by atoms with Crippen molar-refractivity contribution in [2.45, 2.75) is 105 Å². The standard InChI is InChI=1S/C37H49NO6.2Y/c1-24(2)18-31(21-28-12-7-10-26(5)19-28)36(42)38-33(22-29-13-8-11-27(6)20-29)35(41)23-30(37(43)44)14-9-15-32(39)16-17-34(40)25(3)4;;/h7-8,12-13,19-20,24-25,30-31,33H,9,14-18,21-23H2,1-6H3,(H,38,42)(H,43,44);;/q-2;;. The third kappa shape index (κ3) is 17.1. The maximum absolute atomic E-state index is 13.7. The summed E-state index contributed by atoms with van der Waals surface area (Å²) >= 11 is 0. The Bertz CT molecular complexity index is 1290. The Balaban J connectivity index is 0.0000101. The molecule has 0 aliphatic carbocycles. The Morgan fingerprint density at radius 1 is 0.783 bits per heavy atom. The zero-order valence-corrected chi connectivity index (χ0v) is 34.0. The minimum absolute atomic E-state index is 0. The number of amides is 1. The van der Waals surface area contributed by atoms with E-state index in [-0.39, 0.29) is 145 Å². The van der Waals surface area contributed by atoms with E-state index in [9.17, 15) is 29.1 Å². The first-order valence-electron chi connectivity index (χ1n) is 15.8. The Hall–Kier alpha value is -1.40. The third-order valence-corrected chi connectivity index (χ3v) is 7.87. The molecule has 3 unspecified atom stereocenters. The second-order valence-corrected chi connectivity index (χ2v) is 12.8. The molecule has 0 aliphatic rings. The third-order valence-electron chi connectivity index (χ3n) is 7.87. The van der Waals surface area contributed by atoms with Gasteiger partial charge in [-0.15, -0.1) is 0 Å². The first kappa shape index (κ1) is 44.6. The number of nitrogens with one attached hydrogen (secondary N) is 1. The minimum Gasteiger partial charge on any atom is -0.481 e. The quantitative estimate of drug-likeness (QED) is 0.154. The van der Waals surface area contributed by atoms with Gasteiger partial charge >= 0.3 is 5.97 Å². The van der Waals surface area contributed by atoms with Crippen LogP contribution < -0.4 is 5.32 Å². The molecule has 9 heteroatoms. The number of rotatable bonds is 20. The summed E-state index contributed by atoms with van der Waals surface area (Å²) in [6.07, 6.45) is 2.12. The number of carbonyl (C=O) groups excluding carboxylic acids is 4. The van der Waals surface area contributed by atoms with Crippen molar-refractivity contribution in [3.63, 3.8) is 0 Å². The molecule has 0 aromatic heterocycles. The molecular weight excluding hydrogens is 732 g/mol. The molecule has 2 rings (SSSR count). The van der Waals surface area contributed by atoms with Crippen LogP contribution in [-0.4, -0.2) is 40.4 Å². The van der Waals surface area contributed by atoms with E-state index in [1.165, 1.54) is 0 Å². The number of aliphatic carboxylic acids is 1. The zero-order chi connectivity index (χ0) is 32.8. The van der Waals surface area contributed by atoms with E-state index in [1.807, 2.05) is 44.2 Å². The molecule has 0 saturated carbocycles. The summed E-state index contributed by atoms with van der Waals surface area (Å²) in [4.78, 5) is 63.6. The largest absolute Gasteiger partial charge is 0.481 e. The second-order valence-electron chi connectivity index (χ2n) is 12.8. The van der Waals surface area contributed by atoms with Crippen LogP contribution in [0.15, 0.2) is 36.4 Å². The van der Waals surface area contributed by atoms with E-state index >= 15 is 0 Å². The molecule has 2 aromatic carbocycles. The van der Waals surface area contributed by atoms with E-state index in [2.05, 4.69) is 31.3 Å². The number of Topliss-reactive ketones (excluding diaryl/α,β-unsaturated/α-hetero) is 3. The van der Waals surface area contributed by atoms with Crippen LogP contribution in [0.1, 0.15) is 94.9 Å². The fourth-order valence-electron chi connectivity index (χ4n) is 5.38. The van der Waals surface area contributed by atoms with Gasteiger partial charge in [0.15, 0.2) is 5.78 Å². The number of carboxylic acid groups (broad SMARTS) is 1. The molecule has 2 N–H and O–H groups in total. The molecule has 0 saturated heterocycles. The van der Waals surface area contributed by atoms with Crippen molar-refractivity contribution in [2.75, 3.05) is 0 Å². The molecule has 0 fully saturated rings. The summed E-state index contributed by atoms with van der Waals surface area (Å²) in [5.41, 5.74) is 3.76. The molecule has 7 nitrogen and oxygen atoms in total. The van der Waals surface area contributed by atoms with Crippen molar-refractivity contribution in [3.05, 3.63) is 70.8 Å². The number of carbonyl (C=O) groups is 5. The van der Waals surface area contributed by atoms with Gasteiger partial charge in [0.05, 0.1) is 12.0 Å². The molecular formula is C37H49NO6Y2-2. The molecule has 46 heavy (non-hydrogen) atoms. The van der Waals surface area contributed by atoms with Crippen molar-refractivity contribution in [1.29, 1.82) is 0 Å². The Labute approximate surface area is 326 Å². The zero-order valence-electron chi connectivity index (χ0n) is 28.4. The fourth-order valence-corrected chi connectivity index (χ4v) is 5.38. The number of hydrogen-bond donors (Lipinski definition) is 2. The van der Waals surface area contributed by atoms with Gasteiger partial charge in [0.1, 0.15) is 11.6 Å². The SMILES string of the molecule is Cc1[c-]ccc(CC(CC(C)C)C(=O)NC(Cc2cc[c-]c(C)c2)C(=O)CC(CCCC(=O)CCC(=O)C(C)C)C(=O)O)c1.[Y].[Y]. The van der Waals surface area contributed by atoms with Crippen LogP contribution in [0, 0.1) is 49.7 Å². The smallest absolute Gasteiger partial charge is 0.306 e. The van der Waals surface area contributed by atoms with Crippen molar-refractivity contribution < 1.29 is 94.5 Å². The van der Waals surface area contributed by atoms with Crippen LogP contribution in [-0.2, 0) is 102 Å². The molecule has 0 aliphatic heterocycles. The van der Waals surface area contributed by atoms with Crippen LogP contribution >= 0.6 is 0 Å². The van der Waals surface area contributed by atoms with Gasteiger partial charge in [-0.05, 0) is 38.0 Å². The first-order valence-corrected chi connectivity index (χ1v) is 15.8. The van der Waals surface area contributed by atoms with Gasteiger partial charge in [-0.1, -0.05) is 41.5 Å². The van der Waals surface area contributed by atoms with Crippen LogP contribution in [0.2, 0.25) is 0 Å². The van der Waals surface area contributed by atoms with Crippen molar-refractivity contribution >= 4 is 29.2 Å². The predicted molar refractivity (Wildman–Crippen MR) is 171 cm³/mol. The van der Waals surface area contributed by atoms with E-state index in [4.69, 9.17) is 0 Å². The average Bonchev–Trinajstić information content (AvgIpc) is 2.94. The normalized spacial score (nSPS) is 12.8. The van der Waals surface area contributed by atoms with Gasteiger partial charge in [-0.3, -0.25) is 24.0 Å². The minimum atomic E-state index is -1.11. The van der Waals surface area contributed by atoms with E-state index in [0.29, 0.717) is 19.3 Å². The summed E-state index contributed by atoms with van der Waals surface area (Å²) < 4.78 is 0. The molecule has 0 heterocycles. The molecule has 1 amide bonds. The summed E-state index contributed by atoms with van der Waals surface area (Å²) in [6.45, 7) is 11.6. The second kappa shape index (κ2) is 23.0. The van der Waals surface area contributed by atoms with Crippen LogP contribution in [0.5, 0.6) is 0 Å². The maximum Gasteiger partial charge on any atom is 0.306 e. The monoisotopic (exact) mass is 781 g/mol. The van der Waals surface area contributed by atoms with Crippen molar-refractivity contribution in [2.24, 2.45) is 23.7 Å². The van der Waals surface area contributed by atoms with Crippen molar-refractivity contribution in [1.82, 2.24) is 5.32 Å².